The van der Waals surface area contributed by atoms with Crippen molar-refractivity contribution in [3.8, 4) is 0 Å². The minimum Gasteiger partial charge on any atom is -0.377 e. The van der Waals surface area contributed by atoms with Gasteiger partial charge in [-0.05, 0) is 32.4 Å². The number of aromatic amines is 1. The number of hydrogen-bond acceptors (Lipinski definition) is 4. The first-order valence-corrected chi connectivity index (χ1v) is 7.44. The van der Waals surface area contributed by atoms with E-state index in [0.717, 1.165) is 11.3 Å². The summed E-state index contributed by atoms with van der Waals surface area (Å²) in [4.78, 5) is 22.7. The van der Waals surface area contributed by atoms with E-state index in [9.17, 15) is 4.79 Å². The minimum atomic E-state index is -0.602. The van der Waals surface area contributed by atoms with E-state index in [1.54, 1.807) is 6.07 Å². The molecule has 23 heavy (non-hydrogen) atoms. The number of benzene rings is 1. The van der Waals surface area contributed by atoms with Gasteiger partial charge in [-0.1, -0.05) is 12.1 Å². The van der Waals surface area contributed by atoms with Crippen molar-refractivity contribution >= 4 is 17.1 Å². The van der Waals surface area contributed by atoms with E-state index in [4.69, 9.17) is 11.3 Å². The average molecular weight is 310 g/mol. The molecule has 0 spiro atoms. The van der Waals surface area contributed by atoms with Crippen molar-refractivity contribution in [1.82, 2.24) is 9.97 Å². The van der Waals surface area contributed by atoms with Gasteiger partial charge < -0.3 is 15.0 Å². The minimum absolute atomic E-state index is 0.0552. The van der Waals surface area contributed by atoms with Crippen LogP contribution in [0.3, 0.4) is 0 Å². The number of nitrogens with zero attached hydrogens (tertiary/aromatic N) is 2. The van der Waals surface area contributed by atoms with Gasteiger partial charge in [-0.3, -0.25) is 4.79 Å². The summed E-state index contributed by atoms with van der Waals surface area (Å²) >= 11 is 0. The standard InChI is InChI=1S/C17H18N4O2/c1-10(2)23-8-17(3)12-7-11(18-4)5-6-13(12)21-14-15(17)19-9-20-16(14)22/h5-7,9-10,21H,8H2,1-3H3,(H,19,20,22). The Morgan fingerprint density at radius 3 is 2.91 bits per heavy atom. The predicted molar refractivity (Wildman–Crippen MR) is 88.4 cm³/mol. The Morgan fingerprint density at radius 2 is 2.22 bits per heavy atom. The van der Waals surface area contributed by atoms with Crippen molar-refractivity contribution < 1.29 is 4.74 Å². The number of ether oxygens (including phenoxy) is 1. The van der Waals surface area contributed by atoms with E-state index in [2.05, 4.69) is 20.1 Å². The molecular weight excluding hydrogens is 292 g/mol. The molecule has 2 heterocycles. The summed E-state index contributed by atoms with van der Waals surface area (Å²) in [7, 11) is 0. The molecule has 3 rings (SSSR count). The molecule has 0 aliphatic carbocycles. The van der Waals surface area contributed by atoms with E-state index in [-0.39, 0.29) is 11.7 Å². The van der Waals surface area contributed by atoms with Gasteiger partial charge in [-0.2, -0.15) is 0 Å². The number of hydrogen-bond donors (Lipinski definition) is 2. The molecule has 6 nitrogen and oxygen atoms in total. The van der Waals surface area contributed by atoms with Crippen LogP contribution >= 0.6 is 0 Å². The van der Waals surface area contributed by atoms with Crippen LogP contribution in [-0.4, -0.2) is 22.7 Å². The highest BCUT2D eigenvalue weighted by Gasteiger charge is 2.40. The second-order valence-corrected chi connectivity index (χ2v) is 6.11. The summed E-state index contributed by atoms with van der Waals surface area (Å²) in [5.41, 5.74) is 2.52. The van der Waals surface area contributed by atoms with Crippen LogP contribution in [0.2, 0.25) is 0 Å². The molecule has 0 amide bonds. The van der Waals surface area contributed by atoms with Gasteiger partial charge >= 0.3 is 0 Å². The van der Waals surface area contributed by atoms with E-state index in [0.29, 0.717) is 23.7 Å². The van der Waals surface area contributed by atoms with Crippen molar-refractivity contribution in [1.29, 1.82) is 0 Å². The molecular formula is C17H18N4O2. The van der Waals surface area contributed by atoms with Gasteiger partial charge in [0.2, 0.25) is 0 Å². The monoisotopic (exact) mass is 310 g/mol. The fraction of sp³-hybridized carbons (Fsp3) is 0.353. The van der Waals surface area contributed by atoms with Crippen molar-refractivity contribution in [3.63, 3.8) is 0 Å². The molecule has 1 aromatic heterocycles. The van der Waals surface area contributed by atoms with Gasteiger partial charge in [0.05, 0.1) is 36.7 Å². The van der Waals surface area contributed by atoms with E-state index < -0.39 is 5.41 Å². The van der Waals surface area contributed by atoms with Gasteiger partial charge in [0, 0.05) is 5.69 Å². The number of rotatable bonds is 3. The van der Waals surface area contributed by atoms with E-state index in [1.165, 1.54) is 6.33 Å². The lowest BCUT2D eigenvalue weighted by molar-refractivity contribution is 0.0517. The number of anilines is 2. The maximum Gasteiger partial charge on any atom is 0.274 e. The van der Waals surface area contributed by atoms with Crippen molar-refractivity contribution in [3.05, 3.63) is 57.6 Å². The maximum atomic E-state index is 12.2. The maximum absolute atomic E-state index is 12.2. The fourth-order valence-corrected chi connectivity index (χ4v) is 2.84. The number of H-pyrrole nitrogens is 1. The van der Waals surface area contributed by atoms with Gasteiger partial charge in [-0.15, -0.1) is 0 Å². The lowest BCUT2D eigenvalue weighted by Crippen LogP contribution is -2.38. The topological polar surface area (TPSA) is 71.4 Å². The molecule has 0 bridgehead atoms. The van der Waals surface area contributed by atoms with Gasteiger partial charge in [0.1, 0.15) is 5.69 Å². The van der Waals surface area contributed by atoms with Crippen LogP contribution in [0.1, 0.15) is 32.0 Å². The van der Waals surface area contributed by atoms with Crippen LogP contribution in [0.4, 0.5) is 17.1 Å². The van der Waals surface area contributed by atoms with Crippen molar-refractivity contribution in [2.75, 3.05) is 11.9 Å². The van der Waals surface area contributed by atoms with Crippen LogP contribution in [0.15, 0.2) is 29.3 Å². The zero-order chi connectivity index (χ0) is 16.6. The summed E-state index contributed by atoms with van der Waals surface area (Å²) < 4.78 is 5.85. The second kappa shape index (κ2) is 5.52. The second-order valence-electron chi connectivity index (χ2n) is 6.11. The average Bonchev–Trinajstić information content (AvgIpc) is 2.54. The molecule has 0 radical (unpaired) electrons. The highest BCUT2D eigenvalue weighted by Crippen LogP contribution is 2.44. The molecule has 118 valence electrons. The Bertz CT molecular complexity index is 850. The lowest BCUT2D eigenvalue weighted by atomic mass is 9.76. The Morgan fingerprint density at radius 1 is 1.43 bits per heavy atom. The van der Waals surface area contributed by atoms with Gasteiger partial charge in [-0.25, -0.2) is 9.83 Å². The van der Waals surface area contributed by atoms with Crippen LogP contribution < -0.4 is 10.9 Å². The molecule has 1 atom stereocenters. The Balaban J connectivity index is 2.22. The molecule has 0 saturated carbocycles. The molecule has 6 heteroatoms. The van der Waals surface area contributed by atoms with Crippen LogP contribution in [0, 0.1) is 6.57 Å². The lowest BCUT2D eigenvalue weighted by Gasteiger charge is -2.37. The molecule has 0 saturated heterocycles. The zero-order valence-electron chi connectivity index (χ0n) is 13.3. The number of fused-ring (bicyclic) bond motifs is 2. The highest BCUT2D eigenvalue weighted by molar-refractivity contribution is 5.76. The van der Waals surface area contributed by atoms with Crippen LogP contribution in [0.5, 0.6) is 0 Å². The van der Waals surface area contributed by atoms with E-state index >= 15 is 0 Å². The fourth-order valence-electron chi connectivity index (χ4n) is 2.84. The van der Waals surface area contributed by atoms with E-state index in [1.807, 2.05) is 32.9 Å². The smallest absolute Gasteiger partial charge is 0.274 e. The third-order valence-electron chi connectivity index (χ3n) is 4.07. The predicted octanol–water partition coefficient (Wildman–Crippen LogP) is 3.11. The summed E-state index contributed by atoms with van der Waals surface area (Å²) in [6, 6.07) is 5.40. The normalized spacial score (nSPS) is 18.7. The molecule has 2 N–H and O–H groups in total. The number of nitrogens with one attached hydrogen (secondary N) is 2. The van der Waals surface area contributed by atoms with Crippen molar-refractivity contribution in [2.24, 2.45) is 0 Å². The van der Waals surface area contributed by atoms with Crippen molar-refractivity contribution in [2.45, 2.75) is 32.3 Å². The highest BCUT2D eigenvalue weighted by atomic mass is 16.5. The first-order valence-electron chi connectivity index (χ1n) is 7.44. The first-order chi connectivity index (χ1) is 11.0. The molecule has 2 aromatic rings. The Kier molecular flexibility index (Phi) is 3.66. The quantitative estimate of drug-likeness (QED) is 0.855. The first kappa shape index (κ1) is 15.3. The molecule has 0 fully saturated rings. The largest absolute Gasteiger partial charge is 0.377 e. The zero-order valence-corrected chi connectivity index (χ0v) is 13.3. The van der Waals surface area contributed by atoms with Crippen LogP contribution in [0.25, 0.3) is 4.85 Å². The van der Waals surface area contributed by atoms with Gasteiger partial charge in [0.25, 0.3) is 5.56 Å². The Hall–Kier alpha value is -2.65. The third kappa shape index (κ3) is 2.49. The summed E-state index contributed by atoms with van der Waals surface area (Å²) in [6.07, 6.45) is 1.46. The van der Waals surface area contributed by atoms with Crippen LogP contribution in [-0.2, 0) is 10.2 Å². The molecule has 1 aliphatic heterocycles. The molecule has 1 aromatic carbocycles. The summed E-state index contributed by atoms with van der Waals surface area (Å²) in [6.45, 7) is 13.5. The SMILES string of the molecule is [C-]#[N+]c1ccc2c(c1)C(C)(COC(C)C)c1nc[nH]c(=O)c1N2. The summed E-state index contributed by atoms with van der Waals surface area (Å²) in [5.74, 6) is 0. The summed E-state index contributed by atoms with van der Waals surface area (Å²) in [5, 5.41) is 3.14. The molecule has 1 aliphatic rings. The number of aromatic nitrogens is 2. The molecule has 1 unspecified atom stereocenters. The van der Waals surface area contributed by atoms with Gasteiger partial charge in [0.15, 0.2) is 5.69 Å². The Labute approximate surface area is 134 Å². The third-order valence-corrected chi connectivity index (χ3v) is 4.07.